The van der Waals surface area contributed by atoms with E-state index in [1.54, 1.807) is 37.6 Å². The quantitative estimate of drug-likeness (QED) is 0.196. The molecule has 0 aliphatic rings. The summed E-state index contributed by atoms with van der Waals surface area (Å²) in [6, 6.07) is 10.0. The molecule has 0 saturated carbocycles. The monoisotopic (exact) mass is 428 g/mol. The van der Waals surface area contributed by atoms with E-state index in [0.717, 1.165) is 11.1 Å². The lowest BCUT2D eigenvalue weighted by atomic mass is 10.1. The van der Waals surface area contributed by atoms with Gasteiger partial charge in [-0.2, -0.15) is 5.10 Å². The molecule has 0 radical (unpaired) electrons. The third kappa shape index (κ3) is 6.56. The first-order valence-electron chi connectivity index (χ1n) is 9.23. The van der Waals surface area contributed by atoms with Gasteiger partial charge in [-0.15, -0.1) is 6.58 Å². The first-order valence-corrected chi connectivity index (χ1v) is 9.64. The van der Waals surface area contributed by atoms with E-state index in [4.69, 9.17) is 21.7 Å². The Bertz CT molecular complexity index is 947. The lowest BCUT2D eigenvalue weighted by Gasteiger charge is -2.16. The number of thiocarbonyl (C=S) groups is 1. The highest BCUT2D eigenvalue weighted by atomic mass is 32.1. The minimum Gasteiger partial charge on any atom is -0.493 e. The fourth-order valence-electron chi connectivity index (χ4n) is 2.66. The second kappa shape index (κ2) is 11.5. The molecule has 2 rings (SSSR count). The van der Waals surface area contributed by atoms with Gasteiger partial charge in [0.05, 0.1) is 18.2 Å². The fraction of sp³-hybridized carbons (Fsp3) is 0.238. The van der Waals surface area contributed by atoms with Crippen LogP contribution in [0.3, 0.4) is 0 Å². The normalized spacial score (nSPS) is 10.5. The highest BCUT2D eigenvalue weighted by molar-refractivity contribution is 7.80. The molecule has 0 spiro atoms. The molecule has 0 fully saturated rings. The second-order valence-corrected chi connectivity index (χ2v) is 6.56. The molecule has 0 bridgehead atoms. The predicted octanol–water partition coefficient (Wildman–Crippen LogP) is 3.73. The summed E-state index contributed by atoms with van der Waals surface area (Å²) in [6.45, 7) is 6.60. The Morgan fingerprint density at radius 2 is 2.17 bits per heavy atom. The third-order valence-corrected chi connectivity index (χ3v) is 4.20. The van der Waals surface area contributed by atoms with E-state index in [9.17, 15) is 10.1 Å². The van der Waals surface area contributed by atoms with E-state index >= 15 is 0 Å². The van der Waals surface area contributed by atoms with Crippen LogP contribution in [0.15, 0.2) is 54.2 Å². The van der Waals surface area contributed by atoms with Crippen molar-refractivity contribution in [3.05, 3.63) is 75.9 Å². The largest absolute Gasteiger partial charge is 0.493 e. The summed E-state index contributed by atoms with van der Waals surface area (Å²) in [4.78, 5) is 10.5. The molecule has 2 aromatic carbocycles. The lowest BCUT2D eigenvalue weighted by molar-refractivity contribution is -0.384. The molecule has 2 aromatic rings. The van der Waals surface area contributed by atoms with Crippen LogP contribution in [-0.2, 0) is 13.0 Å². The van der Waals surface area contributed by atoms with Gasteiger partial charge in [-0.1, -0.05) is 18.2 Å². The van der Waals surface area contributed by atoms with E-state index in [0.29, 0.717) is 35.1 Å². The van der Waals surface area contributed by atoms with Crippen molar-refractivity contribution in [3.8, 4) is 11.5 Å². The summed E-state index contributed by atoms with van der Waals surface area (Å²) in [5.41, 5.74) is 5.08. The number of ether oxygens (including phenoxy) is 2. The van der Waals surface area contributed by atoms with Crippen molar-refractivity contribution < 1.29 is 14.4 Å². The van der Waals surface area contributed by atoms with Gasteiger partial charge >= 0.3 is 0 Å². The smallest absolute Gasteiger partial charge is 0.269 e. The van der Waals surface area contributed by atoms with E-state index in [2.05, 4.69) is 22.4 Å². The van der Waals surface area contributed by atoms with Gasteiger partial charge in [0.15, 0.2) is 16.6 Å². The summed E-state index contributed by atoms with van der Waals surface area (Å²) < 4.78 is 11.5. The number of nitro benzene ring substituents is 1. The molecule has 0 amide bonds. The van der Waals surface area contributed by atoms with Crippen molar-refractivity contribution in [3.63, 3.8) is 0 Å². The molecular formula is C21H24N4O4S. The average molecular weight is 429 g/mol. The van der Waals surface area contributed by atoms with Crippen molar-refractivity contribution in [2.45, 2.75) is 20.0 Å². The Morgan fingerprint density at radius 3 is 2.83 bits per heavy atom. The van der Waals surface area contributed by atoms with Gasteiger partial charge in [0.25, 0.3) is 5.69 Å². The standard InChI is InChI=1S/C21H24N4O4S/c1-4-7-17-10-16(13-23-24-21(30)22-5-2)12-19(28-3)20(17)29-14-15-8-6-9-18(11-15)25(26)27/h4,6,8-13H,1,5,7,14H2,2-3H3,(H2,22,24,30). The SMILES string of the molecule is C=CCc1cc(C=NNC(=S)NCC)cc(OC)c1OCc1cccc([N+](=O)[O-])c1. The van der Waals surface area contributed by atoms with Gasteiger partial charge in [-0.25, -0.2) is 0 Å². The minimum atomic E-state index is -0.433. The number of hydrogen-bond acceptors (Lipinski definition) is 6. The Morgan fingerprint density at radius 1 is 1.37 bits per heavy atom. The zero-order chi connectivity index (χ0) is 21.9. The number of methoxy groups -OCH3 is 1. The van der Waals surface area contributed by atoms with Crippen LogP contribution in [0.1, 0.15) is 23.6 Å². The van der Waals surface area contributed by atoms with E-state index in [1.165, 1.54) is 12.1 Å². The van der Waals surface area contributed by atoms with Crippen LogP contribution >= 0.6 is 12.2 Å². The van der Waals surface area contributed by atoms with Gasteiger partial charge in [0.2, 0.25) is 0 Å². The Kier molecular flexibility index (Phi) is 8.76. The Balaban J connectivity index is 2.24. The van der Waals surface area contributed by atoms with Crippen LogP contribution in [0.25, 0.3) is 0 Å². The maximum atomic E-state index is 11.0. The van der Waals surface area contributed by atoms with Crippen molar-refractivity contribution in [1.29, 1.82) is 0 Å². The number of nitrogens with zero attached hydrogens (tertiary/aromatic N) is 2. The summed E-state index contributed by atoms with van der Waals surface area (Å²) in [6.07, 6.45) is 3.93. The summed E-state index contributed by atoms with van der Waals surface area (Å²) >= 11 is 5.08. The summed E-state index contributed by atoms with van der Waals surface area (Å²) in [7, 11) is 1.55. The topological polar surface area (TPSA) is 98.0 Å². The van der Waals surface area contributed by atoms with Gasteiger partial charge < -0.3 is 14.8 Å². The molecule has 9 heteroatoms. The molecule has 0 unspecified atom stereocenters. The number of allylic oxidation sites excluding steroid dienone is 1. The zero-order valence-corrected chi connectivity index (χ0v) is 17.7. The zero-order valence-electron chi connectivity index (χ0n) is 16.9. The van der Waals surface area contributed by atoms with E-state index in [1.807, 2.05) is 13.0 Å². The fourth-order valence-corrected chi connectivity index (χ4v) is 2.86. The van der Waals surface area contributed by atoms with Gasteiger partial charge in [-0.3, -0.25) is 15.5 Å². The number of benzene rings is 2. The molecule has 0 atom stereocenters. The number of nitrogens with one attached hydrogen (secondary N) is 2. The summed E-state index contributed by atoms with van der Waals surface area (Å²) in [5, 5.41) is 18.5. The maximum absolute atomic E-state index is 11.0. The molecule has 30 heavy (non-hydrogen) atoms. The van der Waals surface area contributed by atoms with Crippen molar-refractivity contribution >= 4 is 29.2 Å². The number of nitro groups is 1. The van der Waals surface area contributed by atoms with Gasteiger partial charge in [0, 0.05) is 24.2 Å². The van der Waals surface area contributed by atoms with Crippen LogP contribution in [0.5, 0.6) is 11.5 Å². The first-order chi connectivity index (χ1) is 14.5. The number of non-ortho nitro benzene ring substituents is 1. The van der Waals surface area contributed by atoms with Crippen LogP contribution in [-0.4, -0.2) is 29.9 Å². The van der Waals surface area contributed by atoms with Gasteiger partial charge in [0.1, 0.15) is 6.61 Å². The highest BCUT2D eigenvalue weighted by Gasteiger charge is 2.14. The second-order valence-electron chi connectivity index (χ2n) is 6.15. The van der Waals surface area contributed by atoms with Crippen LogP contribution in [0, 0.1) is 10.1 Å². The molecule has 0 heterocycles. The van der Waals surface area contributed by atoms with Crippen molar-refractivity contribution in [2.24, 2.45) is 5.10 Å². The van der Waals surface area contributed by atoms with E-state index < -0.39 is 4.92 Å². The Labute approximate surface area is 180 Å². The highest BCUT2D eigenvalue weighted by Crippen LogP contribution is 2.34. The number of rotatable bonds is 10. The van der Waals surface area contributed by atoms with Gasteiger partial charge in [-0.05, 0) is 48.8 Å². The molecule has 0 aliphatic heterocycles. The minimum absolute atomic E-state index is 0.0175. The predicted molar refractivity (Wildman–Crippen MR) is 121 cm³/mol. The van der Waals surface area contributed by atoms with Crippen LogP contribution in [0.2, 0.25) is 0 Å². The number of hydrogen-bond donors (Lipinski definition) is 2. The average Bonchev–Trinajstić information content (AvgIpc) is 2.73. The summed E-state index contributed by atoms with van der Waals surface area (Å²) in [5.74, 6) is 1.08. The van der Waals surface area contributed by atoms with Crippen LogP contribution in [0.4, 0.5) is 5.69 Å². The van der Waals surface area contributed by atoms with Crippen LogP contribution < -0.4 is 20.2 Å². The lowest BCUT2D eigenvalue weighted by Crippen LogP contribution is -2.31. The molecular weight excluding hydrogens is 404 g/mol. The molecule has 8 nitrogen and oxygen atoms in total. The first kappa shape index (κ1) is 22.8. The third-order valence-electron chi connectivity index (χ3n) is 3.96. The maximum Gasteiger partial charge on any atom is 0.269 e. The Hall–Kier alpha value is -3.46. The number of hydrazone groups is 1. The van der Waals surface area contributed by atoms with E-state index in [-0.39, 0.29) is 12.3 Å². The van der Waals surface area contributed by atoms with Crippen molar-refractivity contribution in [2.75, 3.05) is 13.7 Å². The molecule has 2 N–H and O–H groups in total. The molecule has 0 aliphatic carbocycles. The van der Waals surface area contributed by atoms with Crippen molar-refractivity contribution in [1.82, 2.24) is 10.7 Å². The molecule has 158 valence electrons. The molecule has 0 saturated heterocycles. The molecule has 0 aromatic heterocycles.